The molecule has 9 nitrogen and oxygen atoms in total. The zero-order valence-electron chi connectivity index (χ0n) is 20.2. The highest BCUT2D eigenvalue weighted by molar-refractivity contribution is 7.92. The van der Waals surface area contributed by atoms with E-state index in [-0.39, 0.29) is 28.4 Å². The number of ether oxygens (including phenoxy) is 1. The van der Waals surface area contributed by atoms with Crippen LogP contribution in [0.5, 0.6) is 11.6 Å². The molecule has 3 heterocycles. The van der Waals surface area contributed by atoms with Crippen LogP contribution in [0.3, 0.4) is 0 Å². The van der Waals surface area contributed by atoms with Gasteiger partial charge in [-0.3, -0.25) is 4.72 Å². The molecule has 0 aliphatic carbocycles. The van der Waals surface area contributed by atoms with E-state index in [0.29, 0.717) is 34.5 Å². The Kier molecular flexibility index (Phi) is 9.01. The second-order valence-electron chi connectivity index (χ2n) is 8.48. The predicted octanol–water partition coefficient (Wildman–Crippen LogP) is 5.37. The Morgan fingerprint density at radius 3 is 2.68 bits per heavy atom. The van der Waals surface area contributed by atoms with Crippen molar-refractivity contribution < 1.29 is 13.2 Å². The summed E-state index contributed by atoms with van der Waals surface area (Å²) >= 11 is 6.08. The summed E-state index contributed by atoms with van der Waals surface area (Å²) in [5.74, 6) is 1.27. The molecule has 38 heavy (non-hydrogen) atoms. The summed E-state index contributed by atoms with van der Waals surface area (Å²) < 4.78 is 34.3. The third-order valence-corrected chi connectivity index (χ3v) is 7.64. The van der Waals surface area contributed by atoms with E-state index in [0.717, 1.165) is 25.9 Å². The molecule has 2 aromatic heterocycles. The van der Waals surface area contributed by atoms with Gasteiger partial charge in [-0.2, -0.15) is 0 Å². The monoisotopic (exact) mass is 572 g/mol. The second kappa shape index (κ2) is 12.4. The highest BCUT2D eigenvalue weighted by Gasteiger charge is 2.19. The number of hydrogen-bond donors (Lipinski definition) is 3. The van der Waals surface area contributed by atoms with E-state index < -0.39 is 10.0 Å². The SMILES string of the molecule is Cl.O=S(=O)(Nc1cccc(Oc2ncccc2-c2ccnc(NC3CCCNC3)n2)c1)c1ccccc1Cl. The number of pyridine rings is 1. The van der Waals surface area contributed by atoms with E-state index in [1.165, 1.54) is 12.1 Å². The number of sulfonamides is 1. The Morgan fingerprint density at radius 2 is 1.87 bits per heavy atom. The predicted molar refractivity (Wildman–Crippen MR) is 151 cm³/mol. The topological polar surface area (TPSA) is 118 Å². The molecule has 1 atom stereocenters. The summed E-state index contributed by atoms with van der Waals surface area (Å²) in [6.45, 7) is 1.89. The fourth-order valence-corrected chi connectivity index (χ4v) is 5.58. The van der Waals surface area contributed by atoms with Crippen LogP contribution in [0.2, 0.25) is 5.02 Å². The van der Waals surface area contributed by atoms with Crippen LogP contribution < -0.4 is 20.1 Å². The maximum absolute atomic E-state index is 12.8. The molecule has 198 valence electrons. The number of halogens is 2. The number of hydrogen-bond acceptors (Lipinski definition) is 8. The molecule has 1 aliphatic heterocycles. The van der Waals surface area contributed by atoms with Crippen molar-refractivity contribution in [2.45, 2.75) is 23.8 Å². The molecular formula is C26H26Cl2N6O3S. The molecule has 12 heteroatoms. The van der Waals surface area contributed by atoms with Crippen LogP contribution >= 0.6 is 24.0 Å². The molecule has 0 bridgehead atoms. The second-order valence-corrected chi connectivity index (χ2v) is 10.5. The number of nitrogens with zero attached hydrogens (tertiary/aromatic N) is 3. The van der Waals surface area contributed by atoms with Gasteiger partial charge in [-0.25, -0.2) is 23.4 Å². The van der Waals surface area contributed by atoms with Gasteiger partial charge in [0.05, 0.1) is 22.0 Å². The van der Waals surface area contributed by atoms with Crippen LogP contribution in [0.1, 0.15) is 12.8 Å². The van der Waals surface area contributed by atoms with Crippen molar-refractivity contribution in [1.82, 2.24) is 20.3 Å². The van der Waals surface area contributed by atoms with Crippen molar-refractivity contribution in [3.05, 3.63) is 84.1 Å². The highest BCUT2D eigenvalue weighted by atomic mass is 35.5. The van der Waals surface area contributed by atoms with Crippen LogP contribution in [0.25, 0.3) is 11.3 Å². The van der Waals surface area contributed by atoms with E-state index in [1.54, 1.807) is 60.9 Å². The first-order chi connectivity index (χ1) is 18.0. The Bertz CT molecular complexity index is 1500. The van der Waals surface area contributed by atoms with Gasteiger partial charge in [0, 0.05) is 31.0 Å². The van der Waals surface area contributed by atoms with Crippen LogP contribution in [-0.4, -0.2) is 42.5 Å². The van der Waals surface area contributed by atoms with Crippen molar-refractivity contribution >= 4 is 45.7 Å². The average Bonchev–Trinajstić information content (AvgIpc) is 2.90. The highest BCUT2D eigenvalue weighted by Crippen LogP contribution is 2.32. The first kappa shape index (κ1) is 27.6. The van der Waals surface area contributed by atoms with Gasteiger partial charge in [0.25, 0.3) is 10.0 Å². The van der Waals surface area contributed by atoms with Crippen molar-refractivity contribution in [3.8, 4) is 22.9 Å². The molecule has 0 amide bonds. The van der Waals surface area contributed by atoms with Crippen molar-refractivity contribution in [3.63, 3.8) is 0 Å². The molecule has 1 saturated heterocycles. The number of anilines is 2. The summed E-state index contributed by atoms with van der Waals surface area (Å²) in [4.78, 5) is 13.4. The Balaban J connectivity index is 0.00000336. The van der Waals surface area contributed by atoms with E-state index in [9.17, 15) is 8.42 Å². The molecule has 1 unspecified atom stereocenters. The van der Waals surface area contributed by atoms with Crippen LogP contribution in [0, 0.1) is 0 Å². The molecular weight excluding hydrogens is 547 g/mol. The van der Waals surface area contributed by atoms with Gasteiger partial charge in [0.2, 0.25) is 11.8 Å². The minimum absolute atomic E-state index is 0. The maximum Gasteiger partial charge on any atom is 0.263 e. The van der Waals surface area contributed by atoms with E-state index in [1.807, 2.05) is 6.07 Å². The molecule has 1 aliphatic rings. The molecule has 4 aromatic rings. The molecule has 2 aromatic carbocycles. The first-order valence-electron chi connectivity index (χ1n) is 11.8. The molecule has 3 N–H and O–H groups in total. The summed E-state index contributed by atoms with van der Waals surface area (Å²) in [6, 6.07) is 18.6. The summed E-state index contributed by atoms with van der Waals surface area (Å²) in [7, 11) is -3.88. The summed E-state index contributed by atoms with van der Waals surface area (Å²) in [5, 5.41) is 6.90. The first-order valence-corrected chi connectivity index (χ1v) is 13.6. The zero-order valence-corrected chi connectivity index (χ0v) is 22.6. The number of aromatic nitrogens is 3. The van der Waals surface area contributed by atoms with Gasteiger partial charge >= 0.3 is 0 Å². The Hall–Kier alpha value is -3.44. The third-order valence-electron chi connectivity index (χ3n) is 5.76. The number of nitrogens with one attached hydrogen (secondary N) is 3. The van der Waals surface area contributed by atoms with Crippen molar-refractivity contribution in [1.29, 1.82) is 0 Å². The van der Waals surface area contributed by atoms with Crippen LogP contribution in [0.15, 0.2) is 84.0 Å². The molecule has 0 saturated carbocycles. The Morgan fingerprint density at radius 1 is 1.00 bits per heavy atom. The number of rotatable bonds is 8. The van der Waals surface area contributed by atoms with Gasteiger partial charge in [-0.05, 0) is 61.9 Å². The van der Waals surface area contributed by atoms with Crippen LogP contribution in [-0.2, 0) is 10.0 Å². The summed E-state index contributed by atoms with van der Waals surface area (Å²) in [5.41, 5.74) is 1.65. The smallest absolute Gasteiger partial charge is 0.263 e. The van der Waals surface area contributed by atoms with Gasteiger partial charge in [-0.15, -0.1) is 12.4 Å². The maximum atomic E-state index is 12.8. The summed E-state index contributed by atoms with van der Waals surface area (Å²) in [6.07, 6.45) is 5.47. The van der Waals surface area contributed by atoms with E-state index in [4.69, 9.17) is 16.3 Å². The third kappa shape index (κ3) is 6.70. The van der Waals surface area contributed by atoms with Gasteiger partial charge in [0.15, 0.2) is 0 Å². The van der Waals surface area contributed by atoms with Crippen molar-refractivity contribution in [2.75, 3.05) is 23.1 Å². The average molecular weight is 574 g/mol. The van der Waals surface area contributed by atoms with E-state index in [2.05, 4.69) is 30.3 Å². The number of benzene rings is 2. The van der Waals surface area contributed by atoms with Gasteiger partial charge < -0.3 is 15.4 Å². The normalized spacial score (nSPS) is 15.2. The molecule has 0 radical (unpaired) electrons. The van der Waals surface area contributed by atoms with Crippen LogP contribution in [0.4, 0.5) is 11.6 Å². The Labute approximate surface area is 232 Å². The number of piperidine rings is 1. The van der Waals surface area contributed by atoms with Crippen molar-refractivity contribution in [2.24, 2.45) is 0 Å². The molecule has 5 rings (SSSR count). The lowest BCUT2D eigenvalue weighted by Crippen LogP contribution is -2.38. The zero-order chi connectivity index (χ0) is 25.7. The molecule has 1 fully saturated rings. The minimum atomic E-state index is -3.88. The van der Waals surface area contributed by atoms with Gasteiger partial charge in [0.1, 0.15) is 10.6 Å². The standard InChI is InChI=1S/C26H25ClN6O3S.ClH/c27-22-10-1-2-11-24(22)37(34,35)33-18-6-3-8-20(16-18)36-25-21(9-5-14-29-25)23-12-15-30-26(32-23)31-19-7-4-13-28-17-19;/h1-3,5-6,8-12,14-16,19,28,33H,4,7,13,17H2,(H,30,31,32);1H. The van der Waals surface area contributed by atoms with Gasteiger partial charge in [-0.1, -0.05) is 29.8 Å². The van der Waals surface area contributed by atoms with E-state index >= 15 is 0 Å². The molecule has 0 spiro atoms. The fraction of sp³-hybridized carbons (Fsp3) is 0.192. The lowest BCUT2D eigenvalue weighted by Gasteiger charge is -2.23. The largest absolute Gasteiger partial charge is 0.438 e. The fourth-order valence-electron chi connectivity index (χ4n) is 4.01. The lowest BCUT2D eigenvalue weighted by atomic mass is 10.1. The lowest BCUT2D eigenvalue weighted by molar-refractivity contribution is 0.465. The quantitative estimate of drug-likeness (QED) is 0.258. The minimum Gasteiger partial charge on any atom is -0.438 e.